The maximum Gasteiger partial charge on any atom is 0.252 e. The third kappa shape index (κ3) is 3.70. The number of benzene rings is 2. The lowest BCUT2D eigenvalue weighted by atomic mass is 9.99. The molecule has 0 bridgehead atoms. The van der Waals surface area contributed by atoms with Crippen LogP contribution in [0.4, 0.5) is 4.39 Å². The number of fused-ring (bicyclic) bond motifs is 2. The third-order valence-corrected chi connectivity index (χ3v) is 8.67. The normalized spacial score (nSPS) is 19.6. The van der Waals surface area contributed by atoms with Crippen LogP contribution in [0.1, 0.15) is 12.8 Å². The molecule has 1 atom stereocenters. The minimum atomic E-state index is -3.81. The summed E-state index contributed by atoms with van der Waals surface area (Å²) in [6.07, 6.45) is 1.11. The summed E-state index contributed by atoms with van der Waals surface area (Å²) in [6.45, 7) is 0.545. The molecule has 1 saturated heterocycles. The predicted molar refractivity (Wildman–Crippen MR) is 115 cm³/mol. The average Bonchev–Trinajstić information content (AvgIpc) is 3.36. The van der Waals surface area contributed by atoms with Crippen molar-refractivity contribution in [1.82, 2.24) is 8.87 Å². The van der Waals surface area contributed by atoms with E-state index < -0.39 is 21.8 Å². The van der Waals surface area contributed by atoms with Gasteiger partial charge < -0.3 is 14.0 Å². The van der Waals surface area contributed by atoms with Gasteiger partial charge in [-0.25, -0.2) is 12.8 Å². The molecule has 168 valence electrons. The predicted octanol–water partition coefficient (Wildman–Crippen LogP) is 2.64. The van der Waals surface area contributed by atoms with Gasteiger partial charge in [-0.3, -0.25) is 4.79 Å². The fraction of sp³-hybridized carbons (Fsp3) is 0.333. The van der Waals surface area contributed by atoms with Gasteiger partial charge in [-0.2, -0.15) is 9.30 Å². The second-order valence-electron chi connectivity index (χ2n) is 7.72. The smallest absolute Gasteiger partial charge is 0.252 e. The molecule has 5 rings (SSSR count). The number of hydrogen-bond donors (Lipinski definition) is 0. The van der Waals surface area contributed by atoms with Gasteiger partial charge in [0.15, 0.2) is 16.3 Å². The summed E-state index contributed by atoms with van der Waals surface area (Å²) in [5.74, 6) is -0.0927. The zero-order valence-corrected chi connectivity index (χ0v) is 18.8. The topological polar surface area (TPSA) is 90.2 Å². The minimum absolute atomic E-state index is 0.0114. The Labute approximate surface area is 187 Å². The molecule has 2 aliphatic rings. The summed E-state index contributed by atoms with van der Waals surface area (Å²) in [4.78, 5) is 17.8. The van der Waals surface area contributed by atoms with E-state index in [4.69, 9.17) is 9.47 Å². The standard InChI is InChI=1S/C21H20FN3O5S2/c1-24-16-9-17-18(30-12-29-17)10-19(16)31-21(24)23-20(26)13-3-2-8-25(11-13)32(27,28)15-6-4-14(22)5-7-15/h4-7,9-10,13H,2-3,8,11-12H2,1H3. The maximum atomic E-state index is 13.2. The Hall–Kier alpha value is -2.76. The third-order valence-electron chi connectivity index (χ3n) is 5.69. The van der Waals surface area contributed by atoms with Gasteiger partial charge in [0, 0.05) is 32.3 Å². The Kier molecular flexibility index (Phi) is 5.26. The van der Waals surface area contributed by atoms with Gasteiger partial charge in [-0.05, 0) is 37.1 Å². The highest BCUT2D eigenvalue weighted by atomic mass is 32.2. The summed E-state index contributed by atoms with van der Waals surface area (Å²) < 4.78 is 53.9. The Balaban J connectivity index is 1.40. The monoisotopic (exact) mass is 477 g/mol. The van der Waals surface area contributed by atoms with Crippen molar-refractivity contribution in [3.05, 3.63) is 47.0 Å². The van der Waals surface area contributed by atoms with Gasteiger partial charge in [0.1, 0.15) is 5.82 Å². The molecule has 0 N–H and O–H groups in total. The summed E-state index contributed by atoms with van der Waals surface area (Å²) in [5.41, 5.74) is 0.870. The molecule has 3 aromatic rings. The molecule has 1 aromatic heterocycles. The van der Waals surface area contributed by atoms with Crippen molar-refractivity contribution in [3.63, 3.8) is 0 Å². The fourth-order valence-electron chi connectivity index (χ4n) is 3.93. The maximum absolute atomic E-state index is 13.2. The second kappa shape index (κ2) is 7.98. The van der Waals surface area contributed by atoms with Crippen LogP contribution in [0.15, 0.2) is 46.3 Å². The molecule has 0 saturated carbocycles. The highest BCUT2D eigenvalue weighted by Crippen LogP contribution is 2.36. The lowest BCUT2D eigenvalue weighted by molar-refractivity contribution is -0.122. The van der Waals surface area contributed by atoms with Gasteiger partial charge in [0.2, 0.25) is 16.8 Å². The SMILES string of the molecule is Cn1c(=NC(=O)C2CCCN(S(=O)(=O)c3ccc(F)cc3)C2)sc2cc3c(cc21)OCO3. The molecule has 3 heterocycles. The van der Waals surface area contributed by atoms with Crippen molar-refractivity contribution in [2.45, 2.75) is 17.7 Å². The average molecular weight is 478 g/mol. The Morgan fingerprint density at radius 3 is 2.66 bits per heavy atom. The van der Waals surface area contributed by atoms with Crippen LogP contribution >= 0.6 is 11.3 Å². The van der Waals surface area contributed by atoms with E-state index in [1.165, 1.54) is 27.8 Å². The number of hydrogen-bond acceptors (Lipinski definition) is 6. The summed E-state index contributed by atoms with van der Waals surface area (Å²) in [7, 11) is -1.99. The number of aromatic nitrogens is 1. The molecule has 0 spiro atoms. The molecule has 0 aliphatic carbocycles. The highest BCUT2D eigenvalue weighted by Gasteiger charge is 2.33. The number of aryl methyl sites for hydroxylation is 1. The first-order valence-electron chi connectivity index (χ1n) is 10.1. The fourth-order valence-corrected chi connectivity index (χ4v) is 6.49. The number of rotatable bonds is 3. The first-order chi connectivity index (χ1) is 15.3. The molecular weight excluding hydrogens is 457 g/mol. The molecule has 11 heteroatoms. The molecule has 8 nitrogen and oxygen atoms in total. The number of nitrogens with zero attached hydrogens (tertiary/aromatic N) is 3. The molecule has 32 heavy (non-hydrogen) atoms. The molecule has 2 aromatic carbocycles. The zero-order valence-electron chi connectivity index (χ0n) is 17.2. The Morgan fingerprint density at radius 1 is 1.19 bits per heavy atom. The van der Waals surface area contributed by atoms with E-state index in [1.807, 2.05) is 23.7 Å². The van der Waals surface area contributed by atoms with Gasteiger partial charge >= 0.3 is 0 Å². The highest BCUT2D eigenvalue weighted by molar-refractivity contribution is 7.89. The lowest BCUT2D eigenvalue weighted by Crippen LogP contribution is -2.42. The zero-order chi connectivity index (χ0) is 22.5. The van der Waals surface area contributed by atoms with E-state index in [-0.39, 0.29) is 24.1 Å². The van der Waals surface area contributed by atoms with Crippen LogP contribution in [0.5, 0.6) is 11.5 Å². The molecular formula is C21H20FN3O5S2. The number of sulfonamides is 1. The van der Waals surface area contributed by atoms with E-state index in [2.05, 4.69) is 4.99 Å². The van der Waals surface area contributed by atoms with Crippen molar-refractivity contribution < 1.29 is 27.1 Å². The van der Waals surface area contributed by atoms with Gasteiger partial charge in [-0.15, -0.1) is 0 Å². The van der Waals surface area contributed by atoms with E-state index >= 15 is 0 Å². The first-order valence-corrected chi connectivity index (χ1v) is 12.3. The van der Waals surface area contributed by atoms with Crippen LogP contribution in [0.25, 0.3) is 10.2 Å². The quantitative estimate of drug-likeness (QED) is 0.579. The number of carbonyl (C=O) groups is 1. The number of halogens is 1. The van der Waals surface area contributed by atoms with Gasteiger partial charge in [0.25, 0.3) is 5.91 Å². The van der Waals surface area contributed by atoms with Crippen LogP contribution < -0.4 is 14.3 Å². The van der Waals surface area contributed by atoms with Crippen molar-refractivity contribution in [1.29, 1.82) is 0 Å². The van der Waals surface area contributed by atoms with E-state index in [0.717, 1.165) is 22.3 Å². The van der Waals surface area contributed by atoms with Crippen molar-refractivity contribution >= 4 is 37.5 Å². The number of piperidine rings is 1. The summed E-state index contributed by atoms with van der Waals surface area (Å²) in [6, 6.07) is 8.42. The van der Waals surface area contributed by atoms with E-state index in [1.54, 1.807) is 0 Å². The number of ether oxygens (including phenoxy) is 2. The Morgan fingerprint density at radius 2 is 1.91 bits per heavy atom. The number of amides is 1. The van der Waals surface area contributed by atoms with Gasteiger partial charge in [0.05, 0.1) is 21.0 Å². The van der Waals surface area contributed by atoms with Gasteiger partial charge in [-0.1, -0.05) is 11.3 Å². The van der Waals surface area contributed by atoms with Crippen LogP contribution in [0.2, 0.25) is 0 Å². The Bertz CT molecular complexity index is 1380. The largest absolute Gasteiger partial charge is 0.454 e. The van der Waals surface area contributed by atoms with Crippen LogP contribution in [0.3, 0.4) is 0 Å². The van der Waals surface area contributed by atoms with Crippen LogP contribution in [0, 0.1) is 11.7 Å². The summed E-state index contributed by atoms with van der Waals surface area (Å²) >= 11 is 1.36. The summed E-state index contributed by atoms with van der Waals surface area (Å²) in [5, 5.41) is 0. The first kappa shape index (κ1) is 21.1. The van der Waals surface area contributed by atoms with E-state index in [9.17, 15) is 17.6 Å². The molecule has 1 unspecified atom stereocenters. The number of thiazole rings is 1. The molecule has 2 aliphatic heterocycles. The molecule has 1 amide bonds. The lowest BCUT2D eigenvalue weighted by Gasteiger charge is -2.30. The van der Waals surface area contributed by atoms with Crippen LogP contribution in [-0.4, -0.2) is 43.1 Å². The van der Waals surface area contributed by atoms with E-state index in [0.29, 0.717) is 35.7 Å². The molecule has 0 radical (unpaired) electrons. The molecule has 1 fully saturated rings. The van der Waals surface area contributed by atoms with Crippen molar-refractivity contribution in [2.24, 2.45) is 18.0 Å². The van der Waals surface area contributed by atoms with Crippen molar-refractivity contribution in [3.8, 4) is 11.5 Å². The van der Waals surface area contributed by atoms with Crippen LogP contribution in [-0.2, 0) is 21.9 Å². The second-order valence-corrected chi connectivity index (χ2v) is 10.7. The number of carbonyl (C=O) groups excluding carboxylic acids is 1. The van der Waals surface area contributed by atoms with Crippen molar-refractivity contribution in [2.75, 3.05) is 19.9 Å². The minimum Gasteiger partial charge on any atom is -0.454 e.